The third-order valence-corrected chi connectivity index (χ3v) is 2.53. The first kappa shape index (κ1) is 11.1. The van der Waals surface area contributed by atoms with Crippen molar-refractivity contribution in [1.82, 2.24) is 14.5 Å². The summed E-state index contributed by atoms with van der Waals surface area (Å²) in [4.78, 5) is 8.98. The Kier molecular flexibility index (Phi) is 3.19. The van der Waals surface area contributed by atoms with Crippen LogP contribution in [0.25, 0.3) is 11.2 Å². The fourth-order valence-electron chi connectivity index (χ4n) is 1.91. The van der Waals surface area contributed by atoms with Gasteiger partial charge >= 0.3 is 0 Å². The van der Waals surface area contributed by atoms with E-state index in [1.807, 2.05) is 25.3 Å². The van der Waals surface area contributed by atoms with Crippen LogP contribution in [0.4, 0.5) is 0 Å². The fourth-order valence-corrected chi connectivity index (χ4v) is 1.91. The largest absolute Gasteiger partial charge is 0.328 e. The summed E-state index contributed by atoms with van der Waals surface area (Å²) in [5.74, 6) is 1.05. The quantitative estimate of drug-likeness (QED) is 0.850. The topological polar surface area (TPSA) is 56.7 Å². The highest BCUT2D eigenvalue weighted by molar-refractivity contribution is 5.71. The van der Waals surface area contributed by atoms with Crippen LogP contribution in [0.3, 0.4) is 0 Å². The van der Waals surface area contributed by atoms with Gasteiger partial charge in [-0.2, -0.15) is 0 Å². The average molecular weight is 218 g/mol. The second kappa shape index (κ2) is 4.61. The number of pyridine rings is 1. The lowest BCUT2D eigenvalue weighted by Crippen LogP contribution is -2.20. The smallest absolute Gasteiger partial charge is 0.159 e. The minimum Gasteiger partial charge on any atom is -0.328 e. The van der Waals surface area contributed by atoms with Crippen molar-refractivity contribution in [3.63, 3.8) is 0 Å². The lowest BCUT2D eigenvalue weighted by Gasteiger charge is -2.08. The predicted molar refractivity (Wildman–Crippen MR) is 65.2 cm³/mol. The van der Waals surface area contributed by atoms with Gasteiger partial charge in [-0.3, -0.25) is 0 Å². The van der Waals surface area contributed by atoms with Gasteiger partial charge in [0.2, 0.25) is 0 Å². The van der Waals surface area contributed by atoms with E-state index in [0.717, 1.165) is 36.4 Å². The van der Waals surface area contributed by atoms with Crippen molar-refractivity contribution in [1.29, 1.82) is 0 Å². The molecule has 0 aliphatic rings. The lowest BCUT2D eigenvalue weighted by atomic mass is 10.2. The van der Waals surface area contributed by atoms with Gasteiger partial charge in [-0.25, -0.2) is 9.97 Å². The Balaban J connectivity index is 2.49. The first-order chi connectivity index (χ1) is 7.72. The third kappa shape index (κ3) is 2.07. The van der Waals surface area contributed by atoms with E-state index in [1.165, 1.54) is 0 Å². The molecule has 0 aliphatic carbocycles. The maximum absolute atomic E-state index is 5.84. The van der Waals surface area contributed by atoms with Crippen LogP contribution in [0, 0.1) is 0 Å². The molecule has 1 unspecified atom stereocenters. The van der Waals surface area contributed by atoms with Crippen molar-refractivity contribution in [3.8, 4) is 0 Å². The van der Waals surface area contributed by atoms with Crippen molar-refractivity contribution >= 4 is 11.2 Å². The first-order valence-corrected chi connectivity index (χ1v) is 5.78. The zero-order valence-electron chi connectivity index (χ0n) is 9.85. The van der Waals surface area contributed by atoms with Crippen molar-refractivity contribution in [3.05, 3.63) is 24.2 Å². The maximum atomic E-state index is 5.84. The molecule has 4 nitrogen and oxygen atoms in total. The van der Waals surface area contributed by atoms with Crippen LogP contribution < -0.4 is 5.73 Å². The minimum absolute atomic E-state index is 0.132. The molecule has 0 radical (unpaired) electrons. The SMILES string of the molecule is CCCn1c(CC(C)N)nc2cccnc21. The summed E-state index contributed by atoms with van der Waals surface area (Å²) in [6, 6.07) is 4.05. The number of fused-ring (bicyclic) bond motifs is 1. The minimum atomic E-state index is 0.132. The van der Waals surface area contributed by atoms with E-state index >= 15 is 0 Å². The highest BCUT2D eigenvalue weighted by atomic mass is 15.1. The number of aryl methyl sites for hydroxylation is 1. The van der Waals surface area contributed by atoms with Gasteiger partial charge in [0.15, 0.2) is 5.65 Å². The molecule has 0 saturated heterocycles. The normalized spacial score (nSPS) is 13.2. The molecule has 0 aromatic carbocycles. The van der Waals surface area contributed by atoms with Crippen molar-refractivity contribution in [2.75, 3.05) is 0 Å². The summed E-state index contributed by atoms with van der Waals surface area (Å²) in [5.41, 5.74) is 7.77. The maximum Gasteiger partial charge on any atom is 0.159 e. The Labute approximate surface area is 95.5 Å². The number of nitrogens with zero attached hydrogens (tertiary/aromatic N) is 3. The fraction of sp³-hybridized carbons (Fsp3) is 0.500. The van der Waals surface area contributed by atoms with E-state index in [-0.39, 0.29) is 6.04 Å². The molecule has 4 heteroatoms. The van der Waals surface area contributed by atoms with Gasteiger partial charge in [-0.05, 0) is 25.5 Å². The molecule has 2 rings (SSSR count). The molecule has 0 fully saturated rings. The highest BCUT2D eigenvalue weighted by Gasteiger charge is 2.11. The van der Waals surface area contributed by atoms with Crippen LogP contribution in [0.5, 0.6) is 0 Å². The Hall–Kier alpha value is -1.42. The summed E-state index contributed by atoms with van der Waals surface area (Å²) < 4.78 is 2.18. The van der Waals surface area contributed by atoms with E-state index in [2.05, 4.69) is 21.5 Å². The summed E-state index contributed by atoms with van der Waals surface area (Å²) >= 11 is 0. The number of hydrogen-bond donors (Lipinski definition) is 1. The van der Waals surface area contributed by atoms with E-state index < -0.39 is 0 Å². The Bertz CT molecular complexity index is 473. The van der Waals surface area contributed by atoms with Crippen LogP contribution in [0.2, 0.25) is 0 Å². The zero-order valence-corrected chi connectivity index (χ0v) is 9.85. The van der Waals surface area contributed by atoms with Crippen LogP contribution in [-0.4, -0.2) is 20.6 Å². The first-order valence-electron chi connectivity index (χ1n) is 5.78. The van der Waals surface area contributed by atoms with Crippen LogP contribution in [-0.2, 0) is 13.0 Å². The summed E-state index contributed by atoms with van der Waals surface area (Å²) in [6.07, 6.45) is 3.69. The van der Waals surface area contributed by atoms with Gasteiger partial charge in [0, 0.05) is 25.2 Å². The molecule has 2 aromatic rings. The standard InChI is InChI=1S/C12H18N4/c1-3-7-16-11(8-9(2)13)15-10-5-4-6-14-12(10)16/h4-6,9H,3,7-8,13H2,1-2H3. The van der Waals surface area contributed by atoms with E-state index in [1.54, 1.807) is 0 Å². The highest BCUT2D eigenvalue weighted by Crippen LogP contribution is 2.15. The van der Waals surface area contributed by atoms with Crippen molar-refractivity contribution in [2.45, 2.75) is 39.3 Å². The summed E-state index contributed by atoms with van der Waals surface area (Å²) in [5, 5.41) is 0. The molecule has 0 saturated carbocycles. The molecule has 1 atom stereocenters. The number of nitrogens with two attached hydrogens (primary N) is 1. The molecule has 0 bridgehead atoms. The van der Waals surface area contributed by atoms with Gasteiger partial charge in [-0.1, -0.05) is 6.92 Å². The van der Waals surface area contributed by atoms with Crippen LogP contribution in [0.15, 0.2) is 18.3 Å². The Morgan fingerprint density at radius 1 is 1.50 bits per heavy atom. The monoisotopic (exact) mass is 218 g/mol. The second-order valence-corrected chi connectivity index (χ2v) is 4.21. The van der Waals surface area contributed by atoms with Gasteiger partial charge < -0.3 is 10.3 Å². The molecule has 86 valence electrons. The third-order valence-electron chi connectivity index (χ3n) is 2.53. The Morgan fingerprint density at radius 3 is 3.00 bits per heavy atom. The lowest BCUT2D eigenvalue weighted by molar-refractivity contribution is 0.613. The van der Waals surface area contributed by atoms with Gasteiger partial charge in [-0.15, -0.1) is 0 Å². The van der Waals surface area contributed by atoms with Crippen molar-refractivity contribution < 1.29 is 0 Å². The molecule has 2 aromatic heterocycles. The van der Waals surface area contributed by atoms with E-state index in [0.29, 0.717) is 0 Å². The van der Waals surface area contributed by atoms with Gasteiger partial charge in [0.1, 0.15) is 11.3 Å². The predicted octanol–water partition coefficient (Wildman–Crippen LogP) is 1.73. The van der Waals surface area contributed by atoms with Gasteiger partial charge in [0.05, 0.1) is 0 Å². The molecule has 0 aliphatic heterocycles. The molecule has 0 amide bonds. The molecule has 2 heterocycles. The molecular formula is C12H18N4. The summed E-state index contributed by atoms with van der Waals surface area (Å²) in [6.45, 7) is 5.11. The number of imidazole rings is 1. The molecule has 16 heavy (non-hydrogen) atoms. The molecule has 2 N–H and O–H groups in total. The average Bonchev–Trinajstić information content (AvgIpc) is 2.57. The molecule has 0 spiro atoms. The van der Waals surface area contributed by atoms with E-state index in [9.17, 15) is 0 Å². The zero-order chi connectivity index (χ0) is 11.5. The Morgan fingerprint density at radius 2 is 2.31 bits per heavy atom. The number of aromatic nitrogens is 3. The summed E-state index contributed by atoms with van der Waals surface area (Å²) in [7, 11) is 0. The second-order valence-electron chi connectivity index (χ2n) is 4.21. The van der Waals surface area contributed by atoms with E-state index in [4.69, 9.17) is 5.73 Å². The van der Waals surface area contributed by atoms with Crippen LogP contribution in [0.1, 0.15) is 26.1 Å². The van der Waals surface area contributed by atoms with Gasteiger partial charge in [0.25, 0.3) is 0 Å². The van der Waals surface area contributed by atoms with Crippen LogP contribution >= 0.6 is 0 Å². The molecular weight excluding hydrogens is 200 g/mol. The number of rotatable bonds is 4. The number of hydrogen-bond acceptors (Lipinski definition) is 3. The van der Waals surface area contributed by atoms with Crippen molar-refractivity contribution in [2.24, 2.45) is 5.73 Å².